The number of carbonyl (C=O) groups excluding carboxylic acids is 1. The maximum Gasteiger partial charge on any atom is 0.275 e. The van der Waals surface area contributed by atoms with Gasteiger partial charge >= 0.3 is 0 Å². The van der Waals surface area contributed by atoms with Crippen LogP contribution < -0.4 is 5.73 Å². The molecule has 4 heterocycles. The summed E-state index contributed by atoms with van der Waals surface area (Å²) in [4.78, 5) is 22.4. The molecule has 1 amide bonds. The summed E-state index contributed by atoms with van der Waals surface area (Å²) in [5, 5.41) is 0. The number of carbonyl (C=O) groups is 1. The van der Waals surface area contributed by atoms with E-state index in [1.54, 1.807) is 0 Å². The van der Waals surface area contributed by atoms with Crippen LogP contribution in [0, 0.1) is 17.8 Å². The highest BCUT2D eigenvalue weighted by Gasteiger charge is 2.48. The van der Waals surface area contributed by atoms with Gasteiger partial charge in [-0.25, -0.2) is 4.98 Å². The van der Waals surface area contributed by atoms with Crippen molar-refractivity contribution in [1.29, 1.82) is 0 Å². The van der Waals surface area contributed by atoms with Crippen LogP contribution in [0.4, 0.5) is 0 Å². The number of hydrogen-bond acceptors (Lipinski definition) is 5. The highest BCUT2D eigenvalue weighted by molar-refractivity contribution is 5.92. The van der Waals surface area contributed by atoms with Gasteiger partial charge < -0.3 is 15.1 Å². The van der Waals surface area contributed by atoms with Crippen LogP contribution in [0.1, 0.15) is 80.6 Å². The van der Waals surface area contributed by atoms with Gasteiger partial charge in [0.15, 0.2) is 5.69 Å². The van der Waals surface area contributed by atoms with E-state index in [2.05, 4.69) is 14.8 Å². The fourth-order valence-corrected chi connectivity index (χ4v) is 6.83. The number of nitrogens with two attached hydrogens (primary N) is 1. The van der Waals surface area contributed by atoms with E-state index in [-0.39, 0.29) is 12.5 Å². The van der Waals surface area contributed by atoms with Crippen molar-refractivity contribution < 1.29 is 9.21 Å². The molecule has 160 valence electrons. The highest BCUT2D eigenvalue weighted by atomic mass is 16.3. The molecule has 1 aromatic heterocycles. The third-order valence-corrected chi connectivity index (χ3v) is 8.15. The van der Waals surface area contributed by atoms with Gasteiger partial charge in [-0.3, -0.25) is 9.69 Å². The molecule has 5 rings (SSSR count). The Labute approximate surface area is 174 Å². The van der Waals surface area contributed by atoms with Crippen LogP contribution in [0.3, 0.4) is 0 Å². The molecule has 3 aliphatic heterocycles. The van der Waals surface area contributed by atoms with Crippen molar-refractivity contribution in [3.63, 3.8) is 0 Å². The number of oxazole rings is 1. The topological polar surface area (TPSA) is 75.6 Å². The second kappa shape index (κ2) is 8.38. The number of rotatable bonds is 4. The monoisotopic (exact) mass is 400 g/mol. The lowest BCUT2D eigenvalue weighted by Gasteiger charge is -2.57. The van der Waals surface area contributed by atoms with Gasteiger partial charge in [-0.1, -0.05) is 38.5 Å². The van der Waals surface area contributed by atoms with Gasteiger partial charge in [0.2, 0.25) is 5.89 Å². The fraction of sp³-hybridized carbons (Fsp3) is 0.826. The Morgan fingerprint density at radius 1 is 1.10 bits per heavy atom. The van der Waals surface area contributed by atoms with Crippen molar-refractivity contribution in [2.24, 2.45) is 23.5 Å². The Balaban J connectivity index is 1.35. The smallest absolute Gasteiger partial charge is 0.275 e. The number of fused-ring (bicyclic) bond motifs is 4. The Kier molecular flexibility index (Phi) is 5.65. The lowest BCUT2D eigenvalue weighted by Crippen LogP contribution is -2.64. The second-order valence-corrected chi connectivity index (χ2v) is 9.90. The first-order valence-electron chi connectivity index (χ1n) is 11.9. The number of amides is 1. The van der Waals surface area contributed by atoms with Gasteiger partial charge in [-0.15, -0.1) is 0 Å². The molecule has 4 aliphatic rings. The molecule has 1 aliphatic carbocycles. The molecule has 0 unspecified atom stereocenters. The zero-order valence-corrected chi connectivity index (χ0v) is 17.6. The van der Waals surface area contributed by atoms with Crippen LogP contribution in [0.25, 0.3) is 0 Å². The summed E-state index contributed by atoms with van der Waals surface area (Å²) in [5.41, 5.74) is 6.04. The van der Waals surface area contributed by atoms with E-state index in [1.807, 2.05) is 0 Å². The first kappa shape index (κ1) is 19.6. The lowest BCUT2D eigenvalue weighted by atomic mass is 9.69. The first-order valence-corrected chi connectivity index (χ1v) is 11.9. The van der Waals surface area contributed by atoms with Gasteiger partial charge in [-0.05, 0) is 50.0 Å². The SMILES string of the molecule is NCc1nc(C(=O)N2C[C@H]3C[C@@H](C2)[C@H](CC2CCCCC2)N2CCCC[C@@H]32)co1. The summed E-state index contributed by atoms with van der Waals surface area (Å²) < 4.78 is 5.34. The summed E-state index contributed by atoms with van der Waals surface area (Å²) in [7, 11) is 0. The molecular formula is C23H36N4O2. The minimum absolute atomic E-state index is 0.0313. The van der Waals surface area contributed by atoms with Crippen LogP contribution in [-0.2, 0) is 6.54 Å². The molecule has 1 aromatic rings. The molecule has 29 heavy (non-hydrogen) atoms. The number of likely N-dealkylation sites (tertiary alicyclic amines) is 1. The van der Waals surface area contributed by atoms with E-state index < -0.39 is 0 Å². The predicted molar refractivity (Wildman–Crippen MR) is 111 cm³/mol. The minimum atomic E-state index is 0.0313. The molecule has 4 atom stereocenters. The average molecular weight is 401 g/mol. The van der Waals surface area contributed by atoms with Crippen LogP contribution in [-0.4, -0.2) is 52.4 Å². The lowest BCUT2D eigenvalue weighted by molar-refractivity contribution is -0.0726. The predicted octanol–water partition coefficient (Wildman–Crippen LogP) is 3.42. The Morgan fingerprint density at radius 2 is 1.90 bits per heavy atom. The molecule has 4 fully saturated rings. The molecule has 2 N–H and O–H groups in total. The van der Waals surface area contributed by atoms with E-state index in [1.165, 1.54) is 77.0 Å². The van der Waals surface area contributed by atoms with Crippen molar-refractivity contribution in [2.75, 3.05) is 19.6 Å². The Morgan fingerprint density at radius 3 is 2.69 bits per heavy atom. The Bertz CT molecular complexity index is 713. The summed E-state index contributed by atoms with van der Waals surface area (Å²) in [5.74, 6) is 2.58. The van der Waals surface area contributed by atoms with E-state index >= 15 is 0 Å². The summed E-state index contributed by atoms with van der Waals surface area (Å²) in [6.45, 7) is 3.25. The van der Waals surface area contributed by atoms with E-state index in [9.17, 15) is 4.79 Å². The van der Waals surface area contributed by atoms with Crippen molar-refractivity contribution >= 4 is 5.91 Å². The van der Waals surface area contributed by atoms with Gasteiger partial charge in [0, 0.05) is 25.2 Å². The van der Waals surface area contributed by atoms with Gasteiger partial charge in [0.1, 0.15) is 6.26 Å². The second-order valence-electron chi connectivity index (χ2n) is 9.90. The largest absolute Gasteiger partial charge is 0.447 e. The van der Waals surface area contributed by atoms with E-state index in [0.29, 0.717) is 35.5 Å². The van der Waals surface area contributed by atoms with Crippen LogP contribution in [0.2, 0.25) is 0 Å². The third-order valence-electron chi connectivity index (χ3n) is 8.15. The molecule has 2 bridgehead atoms. The van der Waals surface area contributed by atoms with Crippen LogP contribution in [0.15, 0.2) is 10.7 Å². The van der Waals surface area contributed by atoms with Crippen molar-refractivity contribution in [3.05, 3.63) is 17.8 Å². The minimum Gasteiger partial charge on any atom is -0.447 e. The molecule has 1 saturated carbocycles. The van der Waals surface area contributed by atoms with Gasteiger partial charge in [0.25, 0.3) is 5.91 Å². The molecule has 3 saturated heterocycles. The maximum atomic E-state index is 13.2. The fourth-order valence-electron chi connectivity index (χ4n) is 6.83. The molecule has 6 heteroatoms. The number of aromatic nitrogens is 1. The highest BCUT2D eigenvalue weighted by Crippen LogP contribution is 2.44. The number of hydrogen-bond donors (Lipinski definition) is 1. The van der Waals surface area contributed by atoms with Gasteiger partial charge in [-0.2, -0.15) is 0 Å². The quantitative estimate of drug-likeness (QED) is 0.838. The third kappa shape index (κ3) is 3.86. The van der Waals surface area contributed by atoms with Crippen molar-refractivity contribution in [1.82, 2.24) is 14.8 Å². The summed E-state index contributed by atoms with van der Waals surface area (Å²) >= 11 is 0. The van der Waals surface area contributed by atoms with Crippen molar-refractivity contribution in [2.45, 2.75) is 82.8 Å². The normalized spacial score (nSPS) is 33.5. The summed E-state index contributed by atoms with van der Waals surface area (Å²) in [6, 6.07) is 1.33. The first-order chi connectivity index (χ1) is 14.2. The van der Waals surface area contributed by atoms with Crippen molar-refractivity contribution in [3.8, 4) is 0 Å². The van der Waals surface area contributed by atoms with Gasteiger partial charge in [0.05, 0.1) is 6.54 Å². The van der Waals surface area contributed by atoms with E-state index in [4.69, 9.17) is 10.2 Å². The molecule has 0 aromatic carbocycles. The molecule has 0 spiro atoms. The van der Waals surface area contributed by atoms with Crippen LogP contribution >= 0.6 is 0 Å². The zero-order chi connectivity index (χ0) is 19.8. The summed E-state index contributed by atoms with van der Waals surface area (Å²) in [6.07, 6.45) is 15.2. The van der Waals surface area contributed by atoms with E-state index in [0.717, 1.165) is 19.0 Å². The standard InChI is InChI=1S/C23H36N4O2/c24-12-22-25-19(15-29-22)23(28)26-13-17-11-18(14-26)21(10-16-6-2-1-3-7-16)27-9-5-4-8-20(17)27/h15-18,20-21H,1-14,24H2/t17-,18+,20+,21+/m1/s1. The molecule has 0 radical (unpaired) electrons. The molecule has 6 nitrogen and oxygen atoms in total. The maximum absolute atomic E-state index is 13.2. The molecular weight excluding hydrogens is 364 g/mol. The average Bonchev–Trinajstić information content (AvgIpc) is 3.26. The van der Waals surface area contributed by atoms with Crippen LogP contribution in [0.5, 0.6) is 0 Å². The zero-order valence-electron chi connectivity index (χ0n) is 17.6. The number of piperidine rings is 3. The Hall–Kier alpha value is -1.40. The number of nitrogens with zero attached hydrogens (tertiary/aromatic N) is 3.